The number of aliphatic hydroxyl groups excluding tert-OH is 2. The number of hydrogen-bond acceptors (Lipinski definition) is 8. The minimum absolute atomic E-state index is 0.0257. The molecule has 0 radical (unpaired) electrons. The first-order valence-electron chi connectivity index (χ1n) is 15.4. The van der Waals surface area contributed by atoms with Crippen LogP contribution in [0.4, 0.5) is 5.69 Å². The highest BCUT2D eigenvalue weighted by Gasteiger charge is 2.47. The molecule has 2 aliphatic heterocycles. The molecule has 0 aliphatic carbocycles. The number of carbonyl (C=O) groups excluding carboxylic acids is 1. The van der Waals surface area contributed by atoms with Gasteiger partial charge in [0, 0.05) is 42.2 Å². The van der Waals surface area contributed by atoms with Gasteiger partial charge in [0.05, 0.1) is 32.3 Å². The van der Waals surface area contributed by atoms with Crippen molar-refractivity contribution in [3.63, 3.8) is 0 Å². The van der Waals surface area contributed by atoms with Crippen molar-refractivity contribution in [1.82, 2.24) is 4.90 Å². The highest BCUT2D eigenvalue weighted by Crippen LogP contribution is 2.44. The molecule has 3 atom stereocenters. The fourth-order valence-corrected chi connectivity index (χ4v) is 6.40. The predicted molar refractivity (Wildman–Crippen MR) is 165 cm³/mol. The molecule has 0 spiro atoms. The number of rotatable bonds is 14. The van der Waals surface area contributed by atoms with Gasteiger partial charge in [-0.1, -0.05) is 31.5 Å². The molecule has 3 heterocycles. The van der Waals surface area contributed by atoms with Crippen molar-refractivity contribution in [1.29, 1.82) is 0 Å². The Bertz CT molecular complexity index is 1500. The van der Waals surface area contributed by atoms with Crippen LogP contribution in [0, 0.1) is 5.92 Å². The molecule has 2 aromatic carbocycles. The van der Waals surface area contributed by atoms with Crippen molar-refractivity contribution >= 4 is 17.6 Å². The molecule has 0 bridgehead atoms. The second-order valence-corrected chi connectivity index (χ2v) is 11.6. The third-order valence-electron chi connectivity index (χ3n) is 8.63. The number of likely N-dealkylation sites (tertiary alicyclic amines) is 1. The number of aliphatic hydroxyl groups is 2. The number of hydrogen-bond donors (Lipinski definition) is 3. The van der Waals surface area contributed by atoms with Gasteiger partial charge >= 0.3 is 5.97 Å². The molecule has 1 saturated heterocycles. The summed E-state index contributed by atoms with van der Waals surface area (Å²) in [6, 6.07) is 14.0. The summed E-state index contributed by atoms with van der Waals surface area (Å²) in [5.41, 5.74) is 2.66. The number of aryl methyl sites for hydroxylation is 1. The van der Waals surface area contributed by atoms with E-state index in [-0.39, 0.29) is 39.1 Å². The van der Waals surface area contributed by atoms with Crippen LogP contribution in [0.2, 0.25) is 0 Å². The summed E-state index contributed by atoms with van der Waals surface area (Å²) >= 11 is 0. The number of para-hydroxylation sites is 1. The summed E-state index contributed by atoms with van der Waals surface area (Å²) < 4.78 is 19.1. The number of amides is 1. The summed E-state index contributed by atoms with van der Waals surface area (Å²) in [5, 5.41) is 30.4. The highest BCUT2D eigenvalue weighted by molar-refractivity contribution is 5.94. The van der Waals surface area contributed by atoms with Crippen molar-refractivity contribution < 1.29 is 43.7 Å². The minimum Gasteiger partial charge on any atom is -0.493 e. The van der Waals surface area contributed by atoms with Crippen molar-refractivity contribution in [3.05, 3.63) is 77.6 Å². The number of ether oxygens (including phenoxy) is 3. The van der Waals surface area contributed by atoms with Crippen LogP contribution in [-0.2, 0) is 29.9 Å². The maximum absolute atomic E-state index is 14.0. The molecule has 240 valence electrons. The van der Waals surface area contributed by atoms with E-state index in [0.29, 0.717) is 53.4 Å². The monoisotopic (exact) mass is 620 g/mol. The van der Waals surface area contributed by atoms with Crippen LogP contribution in [0.15, 0.2) is 60.9 Å². The van der Waals surface area contributed by atoms with Crippen LogP contribution in [0.5, 0.6) is 17.2 Å². The normalized spacial score (nSPS) is 19.1. The van der Waals surface area contributed by atoms with Crippen LogP contribution < -0.4 is 23.7 Å². The number of unbranched alkanes of at least 4 members (excludes halogenated alkanes) is 1. The number of aromatic nitrogens is 1. The van der Waals surface area contributed by atoms with E-state index >= 15 is 0 Å². The molecule has 11 heteroatoms. The fourth-order valence-electron chi connectivity index (χ4n) is 6.40. The van der Waals surface area contributed by atoms with Gasteiger partial charge in [-0.2, -0.15) is 0 Å². The Hall–Kier alpha value is -4.19. The number of benzene rings is 2. The first-order chi connectivity index (χ1) is 21.8. The predicted octanol–water partition coefficient (Wildman–Crippen LogP) is 3.00. The zero-order chi connectivity index (χ0) is 31.9. The largest absolute Gasteiger partial charge is 0.493 e. The van der Waals surface area contributed by atoms with Gasteiger partial charge in [0.15, 0.2) is 23.9 Å². The molecule has 1 fully saturated rings. The van der Waals surface area contributed by atoms with E-state index in [1.807, 2.05) is 53.2 Å². The average molecular weight is 621 g/mol. The number of nitrogens with zero attached hydrogens (tertiary/aromatic N) is 3. The van der Waals surface area contributed by atoms with Gasteiger partial charge in [-0.15, -0.1) is 0 Å². The summed E-state index contributed by atoms with van der Waals surface area (Å²) in [6.45, 7) is 2.73. The summed E-state index contributed by atoms with van der Waals surface area (Å²) in [5.74, 6) is -0.959. The van der Waals surface area contributed by atoms with Crippen LogP contribution in [0.1, 0.15) is 48.8 Å². The van der Waals surface area contributed by atoms with Crippen molar-refractivity contribution in [2.45, 2.75) is 51.4 Å². The van der Waals surface area contributed by atoms with E-state index in [9.17, 15) is 24.9 Å². The molecule has 1 amide bonds. The first kappa shape index (κ1) is 32.2. The fraction of sp³-hybridized carbons (Fsp3) is 0.441. The molecule has 3 aromatic rings. The van der Waals surface area contributed by atoms with E-state index in [2.05, 4.69) is 6.92 Å². The molecular weight excluding hydrogens is 578 g/mol. The smallest absolute Gasteiger partial charge is 0.308 e. The zero-order valence-electron chi connectivity index (χ0n) is 25.8. The van der Waals surface area contributed by atoms with Gasteiger partial charge < -0.3 is 34.4 Å². The second-order valence-electron chi connectivity index (χ2n) is 11.6. The standard InChI is InChI=1S/C34H41N3O8/c1-3-4-13-37(26-9-7-12-35(2)17-26)31(40)19-36-18-27(24-15-25(21-39)33-30(16-24)44-22-45-33)32(34(41)42)28(36)11-14-43-29-10-6-5-8-23(29)20-38/h5-10,12,15-17,27-28,32,38-39H,3-4,11,13-14,18-22H2,1-2H3/p+1/t27-,28+,32-/m1/s1. The molecule has 0 unspecified atom stereocenters. The number of pyridine rings is 1. The molecule has 0 saturated carbocycles. The zero-order valence-corrected chi connectivity index (χ0v) is 25.8. The van der Waals surface area contributed by atoms with E-state index in [0.717, 1.165) is 18.5 Å². The van der Waals surface area contributed by atoms with Crippen molar-refractivity contribution in [3.8, 4) is 17.2 Å². The quantitative estimate of drug-likeness (QED) is 0.233. The lowest BCUT2D eigenvalue weighted by molar-refractivity contribution is -0.670. The van der Waals surface area contributed by atoms with Gasteiger partial charge in [-0.05, 0) is 42.7 Å². The average Bonchev–Trinajstić information content (AvgIpc) is 3.66. The number of fused-ring (bicyclic) bond motifs is 1. The molecule has 11 nitrogen and oxygen atoms in total. The topological polar surface area (TPSA) is 133 Å². The molecule has 3 N–H and O–H groups in total. The van der Waals surface area contributed by atoms with Crippen molar-refractivity contribution in [2.24, 2.45) is 13.0 Å². The molecular formula is C34H42N3O8+. The van der Waals surface area contributed by atoms with Crippen molar-refractivity contribution in [2.75, 3.05) is 37.9 Å². The van der Waals surface area contributed by atoms with Gasteiger partial charge in [0.25, 0.3) is 0 Å². The third-order valence-corrected chi connectivity index (χ3v) is 8.63. The number of anilines is 1. The molecule has 2 aliphatic rings. The number of aliphatic carboxylic acids is 1. The molecule has 5 rings (SSSR count). The number of carbonyl (C=O) groups is 2. The lowest BCUT2D eigenvalue weighted by atomic mass is 9.83. The second kappa shape index (κ2) is 14.7. The first-order valence-corrected chi connectivity index (χ1v) is 15.4. The summed E-state index contributed by atoms with van der Waals surface area (Å²) in [6.07, 6.45) is 5.90. The highest BCUT2D eigenvalue weighted by atomic mass is 16.7. The summed E-state index contributed by atoms with van der Waals surface area (Å²) in [7, 11) is 1.91. The Morgan fingerprint density at radius 2 is 1.89 bits per heavy atom. The van der Waals surface area contributed by atoms with E-state index in [1.54, 1.807) is 29.2 Å². The number of carboxylic acid groups (broad SMARTS) is 1. The van der Waals surface area contributed by atoms with E-state index in [4.69, 9.17) is 14.2 Å². The molecule has 1 aromatic heterocycles. The third kappa shape index (κ3) is 7.22. The van der Waals surface area contributed by atoms with Crippen LogP contribution in [-0.4, -0.2) is 71.2 Å². The van der Waals surface area contributed by atoms with Gasteiger partial charge in [0.1, 0.15) is 18.5 Å². The lowest BCUT2D eigenvalue weighted by Gasteiger charge is -2.29. The van der Waals surface area contributed by atoms with E-state index in [1.165, 1.54) is 0 Å². The molecule has 45 heavy (non-hydrogen) atoms. The Balaban J connectivity index is 1.45. The Kier molecular flexibility index (Phi) is 10.5. The summed E-state index contributed by atoms with van der Waals surface area (Å²) in [4.78, 5) is 30.7. The Morgan fingerprint density at radius 1 is 1.09 bits per heavy atom. The lowest BCUT2D eigenvalue weighted by Crippen LogP contribution is -2.45. The number of carboxylic acids is 1. The van der Waals surface area contributed by atoms with Crippen LogP contribution in [0.25, 0.3) is 0 Å². The SMILES string of the molecule is CCCCN(C(=O)CN1C[C@H](c2cc(CO)c3c(c2)OCO3)[C@@H](C(=O)O)[C@@H]1CCOc1ccccc1CO)c1ccc[n+](C)c1. The van der Waals surface area contributed by atoms with E-state index < -0.39 is 23.8 Å². The minimum atomic E-state index is -0.975. The maximum Gasteiger partial charge on any atom is 0.308 e. The van der Waals surface area contributed by atoms with Gasteiger partial charge in [-0.3, -0.25) is 14.5 Å². The van der Waals surface area contributed by atoms with Gasteiger partial charge in [-0.25, -0.2) is 4.57 Å². The maximum atomic E-state index is 14.0. The van der Waals surface area contributed by atoms with Crippen LogP contribution in [0.3, 0.4) is 0 Å². The Morgan fingerprint density at radius 3 is 2.62 bits per heavy atom. The Labute approximate surface area is 263 Å². The van der Waals surface area contributed by atoms with Gasteiger partial charge in [0.2, 0.25) is 12.7 Å². The van der Waals surface area contributed by atoms with Crippen LogP contribution >= 0.6 is 0 Å².